The van der Waals surface area contributed by atoms with Crippen molar-refractivity contribution in [1.82, 2.24) is 30.4 Å². The van der Waals surface area contributed by atoms with Gasteiger partial charge in [-0.3, -0.25) is 10.1 Å². The highest BCUT2D eigenvalue weighted by molar-refractivity contribution is 7.99. The maximum atomic E-state index is 12.0. The van der Waals surface area contributed by atoms with E-state index in [1.54, 1.807) is 4.68 Å². The van der Waals surface area contributed by atoms with Crippen molar-refractivity contribution >= 4 is 34.1 Å². The predicted octanol–water partition coefficient (Wildman–Crippen LogP) is 1.86. The number of carbonyl (C=O) groups is 1. The summed E-state index contributed by atoms with van der Waals surface area (Å²) in [6.07, 6.45) is 0. The molecule has 3 rings (SSSR count). The molecule has 1 N–H and O–H groups in total. The van der Waals surface area contributed by atoms with Gasteiger partial charge in [0.15, 0.2) is 0 Å². The lowest BCUT2D eigenvalue weighted by molar-refractivity contribution is -0.113. The molecule has 0 saturated heterocycles. The van der Waals surface area contributed by atoms with Gasteiger partial charge in [-0.1, -0.05) is 41.3 Å². The highest BCUT2D eigenvalue weighted by atomic mass is 32.2. The molecule has 0 unspecified atom stereocenters. The summed E-state index contributed by atoms with van der Waals surface area (Å²) < 4.78 is 1.63. The molecule has 0 aliphatic carbocycles. The van der Waals surface area contributed by atoms with E-state index in [0.717, 1.165) is 16.3 Å². The Bertz CT molecular complexity index is 829. The Labute approximate surface area is 140 Å². The van der Waals surface area contributed by atoms with E-state index in [4.69, 9.17) is 0 Å². The van der Waals surface area contributed by atoms with Crippen LogP contribution in [0.25, 0.3) is 5.69 Å². The number of hydrogen-bond donors (Lipinski definition) is 1. The SMILES string of the molecule is Cc1nnc(NC(=O)CSc2nnnn2-c2ccccc2C)s1. The summed E-state index contributed by atoms with van der Waals surface area (Å²) in [5, 5.41) is 23.9. The first-order chi connectivity index (χ1) is 11.1. The second-order valence-electron chi connectivity index (χ2n) is 4.62. The summed E-state index contributed by atoms with van der Waals surface area (Å²) in [5.41, 5.74) is 1.94. The molecule has 10 heteroatoms. The van der Waals surface area contributed by atoms with Crippen molar-refractivity contribution in [2.24, 2.45) is 0 Å². The number of rotatable bonds is 5. The quantitative estimate of drug-likeness (QED) is 0.703. The standard InChI is InChI=1S/C13H13N7OS2/c1-8-5-3-4-6-10(8)20-13(17-18-19-20)22-7-11(21)14-12-16-15-9(2)23-12/h3-6H,7H2,1-2H3,(H,14,16,21). The smallest absolute Gasteiger partial charge is 0.236 e. The van der Waals surface area contributed by atoms with E-state index >= 15 is 0 Å². The number of hydrogen-bond acceptors (Lipinski definition) is 8. The summed E-state index contributed by atoms with van der Waals surface area (Å²) in [4.78, 5) is 12.0. The van der Waals surface area contributed by atoms with Crippen molar-refractivity contribution in [3.63, 3.8) is 0 Å². The normalized spacial score (nSPS) is 10.7. The van der Waals surface area contributed by atoms with E-state index in [-0.39, 0.29) is 11.7 Å². The Morgan fingerprint density at radius 2 is 2.09 bits per heavy atom. The lowest BCUT2D eigenvalue weighted by atomic mass is 10.2. The van der Waals surface area contributed by atoms with Crippen molar-refractivity contribution in [3.8, 4) is 5.69 Å². The molecule has 0 aliphatic heterocycles. The molecule has 23 heavy (non-hydrogen) atoms. The molecule has 3 aromatic rings. The number of nitrogens with zero attached hydrogens (tertiary/aromatic N) is 6. The molecule has 0 aliphatic rings. The highest BCUT2D eigenvalue weighted by Gasteiger charge is 2.13. The fraction of sp³-hybridized carbons (Fsp3) is 0.231. The van der Waals surface area contributed by atoms with Crippen LogP contribution < -0.4 is 5.32 Å². The number of amides is 1. The third-order valence-corrected chi connectivity index (χ3v) is 4.56. The van der Waals surface area contributed by atoms with E-state index in [0.29, 0.717) is 10.3 Å². The Morgan fingerprint density at radius 3 is 2.83 bits per heavy atom. The van der Waals surface area contributed by atoms with Crippen LogP contribution in [0.15, 0.2) is 29.4 Å². The summed E-state index contributed by atoms with van der Waals surface area (Å²) in [5.74, 6) is 0.00992. The minimum absolute atomic E-state index is 0.175. The third kappa shape index (κ3) is 3.71. The van der Waals surface area contributed by atoms with E-state index in [2.05, 4.69) is 31.0 Å². The van der Waals surface area contributed by atoms with Gasteiger partial charge in [0, 0.05) is 0 Å². The Kier molecular flexibility index (Phi) is 4.63. The van der Waals surface area contributed by atoms with E-state index in [9.17, 15) is 4.79 Å². The number of aromatic nitrogens is 6. The Balaban J connectivity index is 1.66. The number of benzene rings is 1. The van der Waals surface area contributed by atoms with Crippen LogP contribution in [0.5, 0.6) is 0 Å². The summed E-state index contributed by atoms with van der Waals surface area (Å²) >= 11 is 2.60. The summed E-state index contributed by atoms with van der Waals surface area (Å²) in [7, 11) is 0. The highest BCUT2D eigenvalue weighted by Crippen LogP contribution is 2.21. The van der Waals surface area contributed by atoms with Crippen molar-refractivity contribution in [2.75, 3.05) is 11.1 Å². The van der Waals surface area contributed by atoms with Crippen molar-refractivity contribution in [3.05, 3.63) is 34.8 Å². The van der Waals surface area contributed by atoms with Crippen LogP contribution in [0.4, 0.5) is 5.13 Å². The van der Waals surface area contributed by atoms with Gasteiger partial charge in [0.1, 0.15) is 5.01 Å². The number of anilines is 1. The second kappa shape index (κ2) is 6.84. The van der Waals surface area contributed by atoms with Crippen LogP contribution in [-0.2, 0) is 4.79 Å². The van der Waals surface area contributed by atoms with Crippen LogP contribution in [0.3, 0.4) is 0 Å². The van der Waals surface area contributed by atoms with E-state index in [1.807, 2.05) is 38.1 Å². The van der Waals surface area contributed by atoms with Gasteiger partial charge in [-0.15, -0.1) is 15.3 Å². The van der Waals surface area contributed by atoms with Gasteiger partial charge in [0.2, 0.25) is 16.2 Å². The van der Waals surface area contributed by atoms with Crippen molar-refractivity contribution < 1.29 is 4.79 Å². The fourth-order valence-electron chi connectivity index (χ4n) is 1.85. The monoisotopic (exact) mass is 347 g/mol. The zero-order valence-corrected chi connectivity index (χ0v) is 14.1. The minimum Gasteiger partial charge on any atom is -0.300 e. The zero-order chi connectivity index (χ0) is 16.2. The number of para-hydroxylation sites is 1. The fourth-order valence-corrected chi connectivity index (χ4v) is 3.15. The van der Waals surface area contributed by atoms with Gasteiger partial charge in [-0.05, 0) is 35.9 Å². The number of carbonyl (C=O) groups excluding carboxylic acids is 1. The van der Waals surface area contributed by atoms with E-state index in [1.165, 1.54) is 23.1 Å². The van der Waals surface area contributed by atoms with Gasteiger partial charge in [-0.25, -0.2) is 0 Å². The molecule has 0 bridgehead atoms. The minimum atomic E-state index is -0.175. The van der Waals surface area contributed by atoms with Gasteiger partial charge < -0.3 is 0 Å². The van der Waals surface area contributed by atoms with E-state index < -0.39 is 0 Å². The van der Waals surface area contributed by atoms with Crippen LogP contribution in [0, 0.1) is 13.8 Å². The molecule has 0 fully saturated rings. The van der Waals surface area contributed by atoms with Gasteiger partial charge in [0.05, 0.1) is 11.4 Å². The molecule has 1 amide bonds. The second-order valence-corrected chi connectivity index (χ2v) is 6.75. The molecular weight excluding hydrogens is 334 g/mol. The maximum absolute atomic E-state index is 12.0. The lowest BCUT2D eigenvalue weighted by Crippen LogP contribution is -2.14. The molecule has 0 spiro atoms. The molecule has 1 aromatic carbocycles. The predicted molar refractivity (Wildman–Crippen MR) is 87.9 cm³/mol. The molecule has 0 atom stereocenters. The number of tetrazole rings is 1. The van der Waals surface area contributed by atoms with Crippen molar-refractivity contribution in [2.45, 2.75) is 19.0 Å². The lowest BCUT2D eigenvalue weighted by Gasteiger charge is -2.06. The molecule has 8 nitrogen and oxygen atoms in total. The average molecular weight is 347 g/mol. The van der Waals surface area contributed by atoms with Crippen LogP contribution in [0.2, 0.25) is 0 Å². The zero-order valence-electron chi connectivity index (χ0n) is 12.4. The summed E-state index contributed by atoms with van der Waals surface area (Å²) in [6.45, 7) is 3.81. The van der Waals surface area contributed by atoms with Gasteiger partial charge >= 0.3 is 0 Å². The van der Waals surface area contributed by atoms with Crippen LogP contribution in [0.1, 0.15) is 10.6 Å². The van der Waals surface area contributed by atoms with Crippen LogP contribution >= 0.6 is 23.1 Å². The Morgan fingerprint density at radius 1 is 1.26 bits per heavy atom. The number of nitrogens with one attached hydrogen (secondary N) is 1. The van der Waals surface area contributed by atoms with Crippen molar-refractivity contribution in [1.29, 1.82) is 0 Å². The first-order valence-electron chi connectivity index (χ1n) is 6.70. The molecule has 2 aromatic heterocycles. The largest absolute Gasteiger partial charge is 0.300 e. The first kappa shape index (κ1) is 15.6. The molecule has 0 radical (unpaired) electrons. The summed E-state index contributed by atoms with van der Waals surface area (Å²) in [6, 6.07) is 7.78. The van der Waals surface area contributed by atoms with Crippen LogP contribution in [-0.4, -0.2) is 42.1 Å². The molecular formula is C13H13N7OS2. The van der Waals surface area contributed by atoms with Gasteiger partial charge in [0.25, 0.3) is 0 Å². The molecule has 0 saturated carbocycles. The van der Waals surface area contributed by atoms with Gasteiger partial charge in [-0.2, -0.15) is 4.68 Å². The average Bonchev–Trinajstić information content (AvgIpc) is 3.15. The molecule has 2 heterocycles. The topological polar surface area (TPSA) is 98.5 Å². The maximum Gasteiger partial charge on any atom is 0.236 e. The third-order valence-electron chi connectivity index (χ3n) is 2.89. The number of aryl methyl sites for hydroxylation is 2. The molecule has 118 valence electrons. The number of thioether (sulfide) groups is 1. The first-order valence-corrected chi connectivity index (χ1v) is 8.51. The Hall–Kier alpha value is -2.33.